The van der Waals surface area contributed by atoms with Crippen LogP contribution in [0.2, 0.25) is 10.0 Å². The molecule has 9 nitrogen and oxygen atoms in total. The molecule has 2 heterocycles. The summed E-state index contributed by atoms with van der Waals surface area (Å²) in [5.74, 6) is 2.03. The van der Waals surface area contributed by atoms with Crippen molar-refractivity contribution in [1.82, 2.24) is 14.8 Å². The molecule has 0 fully saturated rings. The van der Waals surface area contributed by atoms with Crippen molar-refractivity contribution in [2.24, 2.45) is 0 Å². The molecule has 0 saturated heterocycles. The van der Waals surface area contributed by atoms with Gasteiger partial charge in [-0.05, 0) is 73.5 Å². The van der Waals surface area contributed by atoms with Crippen molar-refractivity contribution in [2.45, 2.75) is 26.5 Å². The van der Waals surface area contributed by atoms with E-state index in [4.69, 9.17) is 37.4 Å². The molecular formula is C29H27Cl2N5O4. The van der Waals surface area contributed by atoms with Crippen LogP contribution < -0.4 is 24.8 Å². The van der Waals surface area contributed by atoms with Crippen LogP contribution in [0.1, 0.15) is 31.0 Å². The first-order valence-electron chi connectivity index (χ1n) is 12.5. The highest BCUT2D eigenvalue weighted by molar-refractivity contribution is 6.42. The third-order valence-electron chi connectivity index (χ3n) is 6.35. The molecule has 0 bridgehead atoms. The molecule has 1 amide bonds. The molecule has 2 N–H and O–H groups in total. The zero-order valence-electron chi connectivity index (χ0n) is 22.1. The molecule has 4 aromatic rings. The van der Waals surface area contributed by atoms with Gasteiger partial charge in [0.05, 0.1) is 29.3 Å². The number of hydrogen-bond donors (Lipinski definition) is 2. The van der Waals surface area contributed by atoms with E-state index in [0.29, 0.717) is 56.8 Å². The lowest BCUT2D eigenvalue weighted by Crippen LogP contribution is -2.31. The molecule has 11 heteroatoms. The van der Waals surface area contributed by atoms with E-state index in [-0.39, 0.29) is 12.5 Å². The summed E-state index contributed by atoms with van der Waals surface area (Å²) >= 11 is 12.2. The summed E-state index contributed by atoms with van der Waals surface area (Å²) in [5, 5.41) is 11.5. The molecule has 1 aliphatic heterocycles. The highest BCUT2D eigenvalue weighted by Crippen LogP contribution is 2.39. The predicted molar refractivity (Wildman–Crippen MR) is 155 cm³/mol. The van der Waals surface area contributed by atoms with Crippen molar-refractivity contribution in [3.05, 3.63) is 99.4 Å². The van der Waals surface area contributed by atoms with Crippen LogP contribution in [-0.4, -0.2) is 34.4 Å². The van der Waals surface area contributed by atoms with Crippen LogP contribution in [0, 0.1) is 0 Å². The van der Waals surface area contributed by atoms with Gasteiger partial charge in [-0.1, -0.05) is 35.3 Å². The molecule has 1 aromatic heterocycles. The third kappa shape index (κ3) is 5.71. The average molecular weight is 580 g/mol. The van der Waals surface area contributed by atoms with Gasteiger partial charge in [-0.25, -0.2) is 4.68 Å². The van der Waals surface area contributed by atoms with E-state index < -0.39 is 6.04 Å². The summed E-state index contributed by atoms with van der Waals surface area (Å²) in [4.78, 5) is 18.0. The Morgan fingerprint density at radius 3 is 2.55 bits per heavy atom. The quantitative estimate of drug-likeness (QED) is 0.233. The van der Waals surface area contributed by atoms with Gasteiger partial charge >= 0.3 is 0 Å². The predicted octanol–water partition coefficient (Wildman–Crippen LogP) is 6.50. The van der Waals surface area contributed by atoms with Crippen LogP contribution in [0.4, 0.5) is 11.6 Å². The minimum atomic E-state index is -0.569. The lowest BCUT2D eigenvalue weighted by molar-refractivity contribution is -0.113. The maximum atomic E-state index is 13.7. The van der Waals surface area contributed by atoms with Crippen molar-refractivity contribution in [2.75, 3.05) is 24.4 Å². The van der Waals surface area contributed by atoms with Gasteiger partial charge in [0.25, 0.3) is 5.91 Å². The highest BCUT2D eigenvalue weighted by atomic mass is 35.5. The Labute approximate surface area is 241 Å². The molecule has 40 heavy (non-hydrogen) atoms. The fourth-order valence-corrected chi connectivity index (χ4v) is 4.76. The maximum absolute atomic E-state index is 13.7. The van der Waals surface area contributed by atoms with E-state index in [1.807, 2.05) is 38.1 Å². The number of amides is 1. The first kappa shape index (κ1) is 27.4. The molecule has 1 aliphatic rings. The smallest absolute Gasteiger partial charge is 0.255 e. The second-order valence-corrected chi connectivity index (χ2v) is 9.77. The lowest BCUT2D eigenvalue weighted by atomic mass is 9.94. The van der Waals surface area contributed by atoms with E-state index in [0.717, 1.165) is 11.1 Å². The number of hydrogen-bond acceptors (Lipinski definition) is 7. The Balaban J connectivity index is 1.46. The van der Waals surface area contributed by atoms with E-state index in [9.17, 15) is 4.79 Å². The number of carbonyl (C=O) groups is 1. The first-order chi connectivity index (χ1) is 19.4. The minimum Gasteiger partial charge on any atom is -0.497 e. The van der Waals surface area contributed by atoms with E-state index >= 15 is 0 Å². The molecule has 206 valence electrons. The summed E-state index contributed by atoms with van der Waals surface area (Å²) < 4.78 is 18.9. The fourth-order valence-electron chi connectivity index (χ4n) is 4.44. The Hall–Kier alpha value is -4.21. The Bertz CT molecular complexity index is 1570. The normalized spacial score (nSPS) is 14.3. The largest absolute Gasteiger partial charge is 0.497 e. The van der Waals surface area contributed by atoms with Crippen LogP contribution in [0.5, 0.6) is 17.2 Å². The first-order valence-corrected chi connectivity index (χ1v) is 13.3. The summed E-state index contributed by atoms with van der Waals surface area (Å²) in [5.41, 5.74) is 3.42. The van der Waals surface area contributed by atoms with Crippen LogP contribution >= 0.6 is 23.2 Å². The van der Waals surface area contributed by atoms with Crippen molar-refractivity contribution >= 4 is 40.7 Å². The van der Waals surface area contributed by atoms with Crippen LogP contribution in [0.15, 0.2) is 78.3 Å². The monoisotopic (exact) mass is 579 g/mol. The van der Waals surface area contributed by atoms with Gasteiger partial charge in [0.1, 0.15) is 24.7 Å². The highest BCUT2D eigenvalue weighted by Gasteiger charge is 2.34. The molecule has 3 aromatic carbocycles. The number of fused-ring (bicyclic) bond motifs is 1. The Kier molecular flexibility index (Phi) is 8.14. The van der Waals surface area contributed by atoms with Crippen molar-refractivity contribution in [3.8, 4) is 17.2 Å². The van der Waals surface area contributed by atoms with Crippen molar-refractivity contribution in [1.29, 1.82) is 0 Å². The second-order valence-electron chi connectivity index (χ2n) is 8.95. The van der Waals surface area contributed by atoms with Gasteiger partial charge in [-0.15, -0.1) is 0 Å². The molecule has 0 unspecified atom stereocenters. The number of carbonyl (C=O) groups excluding carboxylic acids is 1. The standard InChI is InChI=1S/C29H27Cl2N5O4/c1-4-39-25-14-19(6-12-24(25)40-15-18-5-11-22(30)23(31)13-18)27-26(17(2)34-29-32-16-33-36(27)29)28(37)35-20-7-9-21(38-3)10-8-20/h5-14,16,27H,4,15H2,1-3H3,(H,35,37)(H,32,33,34)/t27-/m1/s1. The Morgan fingerprint density at radius 1 is 1.02 bits per heavy atom. The number of rotatable bonds is 9. The molecule has 1 atom stereocenters. The number of anilines is 2. The fraction of sp³-hybridized carbons (Fsp3) is 0.207. The molecule has 0 aliphatic carbocycles. The number of allylic oxidation sites excluding steroid dienone is 1. The SMILES string of the molecule is CCOc1cc([C@@H]2C(C(=O)Nc3ccc(OC)cc3)=C(C)Nc3ncnn32)ccc1OCc1ccc(Cl)c(Cl)c1. The molecular weight excluding hydrogens is 553 g/mol. The van der Waals surface area contributed by atoms with Crippen LogP contribution in [0.3, 0.4) is 0 Å². The number of nitrogens with zero attached hydrogens (tertiary/aromatic N) is 3. The maximum Gasteiger partial charge on any atom is 0.255 e. The molecule has 0 saturated carbocycles. The number of halogens is 2. The minimum absolute atomic E-state index is 0.269. The summed E-state index contributed by atoms with van der Waals surface area (Å²) in [6.45, 7) is 4.43. The van der Waals surface area contributed by atoms with Gasteiger partial charge in [-0.2, -0.15) is 10.1 Å². The number of methoxy groups -OCH3 is 1. The molecule has 5 rings (SSSR count). The van der Waals surface area contributed by atoms with Gasteiger partial charge in [0, 0.05) is 11.4 Å². The van der Waals surface area contributed by atoms with Gasteiger partial charge < -0.3 is 24.8 Å². The molecule has 0 radical (unpaired) electrons. The average Bonchev–Trinajstić information content (AvgIpc) is 3.42. The van der Waals surface area contributed by atoms with Crippen LogP contribution in [0.25, 0.3) is 0 Å². The van der Waals surface area contributed by atoms with Crippen LogP contribution in [-0.2, 0) is 11.4 Å². The number of ether oxygens (including phenoxy) is 3. The number of benzene rings is 3. The number of aromatic nitrogens is 3. The van der Waals surface area contributed by atoms with E-state index in [2.05, 4.69) is 20.7 Å². The summed E-state index contributed by atoms with van der Waals surface area (Å²) in [6, 6.07) is 17.5. The van der Waals surface area contributed by atoms with E-state index in [1.165, 1.54) is 6.33 Å². The second kappa shape index (κ2) is 11.9. The van der Waals surface area contributed by atoms with Gasteiger partial charge in [-0.3, -0.25) is 4.79 Å². The summed E-state index contributed by atoms with van der Waals surface area (Å²) in [7, 11) is 1.59. The summed E-state index contributed by atoms with van der Waals surface area (Å²) in [6.07, 6.45) is 1.45. The van der Waals surface area contributed by atoms with E-state index in [1.54, 1.807) is 48.2 Å². The lowest BCUT2D eigenvalue weighted by Gasteiger charge is -2.29. The topological polar surface area (TPSA) is 99.5 Å². The zero-order valence-corrected chi connectivity index (χ0v) is 23.6. The third-order valence-corrected chi connectivity index (χ3v) is 7.09. The van der Waals surface area contributed by atoms with Gasteiger partial charge in [0.2, 0.25) is 5.95 Å². The van der Waals surface area contributed by atoms with Crippen molar-refractivity contribution < 1.29 is 19.0 Å². The van der Waals surface area contributed by atoms with Crippen molar-refractivity contribution in [3.63, 3.8) is 0 Å². The molecule has 0 spiro atoms. The Morgan fingerprint density at radius 2 is 1.82 bits per heavy atom. The van der Waals surface area contributed by atoms with Gasteiger partial charge in [0.15, 0.2) is 11.5 Å². The number of nitrogens with one attached hydrogen (secondary N) is 2. The zero-order chi connectivity index (χ0) is 28.2.